The Hall–Kier alpha value is -1.35. The van der Waals surface area contributed by atoms with Crippen molar-refractivity contribution in [3.05, 3.63) is 41.2 Å². The van der Waals surface area contributed by atoms with Crippen LogP contribution in [0.5, 0.6) is 0 Å². The van der Waals surface area contributed by atoms with Gasteiger partial charge in [-0.05, 0) is 30.1 Å². The third kappa shape index (κ3) is 3.57. The summed E-state index contributed by atoms with van der Waals surface area (Å²) in [5, 5.41) is 8.73. The van der Waals surface area contributed by atoms with Crippen LogP contribution in [-0.4, -0.2) is 21.1 Å². The van der Waals surface area contributed by atoms with E-state index >= 15 is 0 Å². The fourth-order valence-corrected chi connectivity index (χ4v) is 3.03. The van der Waals surface area contributed by atoms with Gasteiger partial charge in [-0.1, -0.05) is 41.8 Å². The summed E-state index contributed by atoms with van der Waals surface area (Å²) in [6.07, 6.45) is 0. The molecule has 0 aliphatic heterocycles. The number of aliphatic hydroxyl groups is 1. The minimum absolute atomic E-state index is 0.114. The number of hydrogen-bond donors (Lipinski definition) is 1. The van der Waals surface area contributed by atoms with Gasteiger partial charge in [-0.15, -0.1) is 0 Å². The Morgan fingerprint density at radius 3 is 2.94 bits per heavy atom. The van der Waals surface area contributed by atoms with Gasteiger partial charge < -0.3 is 5.11 Å². The van der Waals surface area contributed by atoms with E-state index in [1.807, 2.05) is 31.2 Å². The summed E-state index contributed by atoms with van der Waals surface area (Å²) >= 11 is 3.07. The van der Waals surface area contributed by atoms with Crippen LogP contribution >= 0.6 is 23.3 Å². The SMILES string of the molecule is Cc1nsc(SCc2ccccc2C#CCO)n1. The maximum Gasteiger partial charge on any atom is 0.170 e. The van der Waals surface area contributed by atoms with Crippen LogP contribution in [0.1, 0.15) is 17.0 Å². The van der Waals surface area contributed by atoms with E-state index in [4.69, 9.17) is 5.11 Å². The third-order valence-electron chi connectivity index (χ3n) is 2.18. The molecule has 0 aliphatic carbocycles. The summed E-state index contributed by atoms with van der Waals surface area (Å²) in [4.78, 5) is 4.31. The van der Waals surface area contributed by atoms with Crippen molar-refractivity contribution in [2.75, 3.05) is 6.61 Å². The van der Waals surface area contributed by atoms with E-state index in [1.165, 1.54) is 11.5 Å². The zero-order valence-electron chi connectivity index (χ0n) is 9.88. The van der Waals surface area contributed by atoms with E-state index < -0.39 is 0 Å². The van der Waals surface area contributed by atoms with Crippen LogP contribution in [0.3, 0.4) is 0 Å². The predicted molar refractivity (Wildman–Crippen MR) is 74.6 cm³/mol. The van der Waals surface area contributed by atoms with Gasteiger partial charge in [0.1, 0.15) is 12.4 Å². The number of aliphatic hydroxyl groups excluding tert-OH is 1. The average Bonchev–Trinajstić information content (AvgIpc) is 2.81. The molecule has 18 heavy (non-hydrogen) atoms. The van der Waals surface area contributed by atoms with Gasteiger partial charge in [0.05, 0.1) is 0 Å². The van der Waals surface area contributed by atoms with Crippen molar-refractivity contribution in [3.63, 3.8) is 0 Å². The highest BCUT2D eigenvalue weighted by atomic mass is 32.2. The lowest BCUT2D eigenvalue weighted by Crippen LogP contribution is -1.87. The molecule has 0 aliphatic rings. The normalized spacial score (nSPS) is 9.89. The van der Waals surface area contributed by atoms with Crippen molar-refractivity contribution in [1.29, 1.82) is 0 Å². The highest BCUT2D eigenvalue weighted by Crippen LogP contribution is 2.25. The van der Waals surface area contributed by atoms with E-state index in [0.29, 0.717) is 0 Å². The molecular weight excluding hydrogens is 264 g/mol. The van der Waals surface area contributed by atoms with E-state index in [9.17, 15) is 0 Å². The standard InChI is InChI=1S/C13H12N2OS2/c1-10-14-13(18-15-10)17-9-12-6-3-2-5-11(12)7-4-8-16/h2-3,5-6,16H,8-9H2,1H3. The van der Waals surface area contributed by atoms with Crippen molar-refractivity contribution in [2.45, 2.75) is 17.0 Å². The number of thioether (sulfide) groups is 1. The Labute approximate surface area is 114 Å². The third-order valence-corrected chi connectivity index (χ3v) is 4.15. The molecule has 5 heteroatoms. The van der Waals surface area contributed by atoms with Crippen molar-refractivity contribution in [1.82, 2.24) is 9.36 Å². The number of rotatable bonds is 3. The van der Waals surface area contributed by atoms with Crippen LogP contribution in [-0.2, 0) is 5.75 Å². The zero-order valence-corrected chi connectivity index (χ0v) is 11.5. The van der Waals surface area contributed by atoms with E-state index in [1.54, 1.807) is 11.8 Å². The molecule has 2 aromatic rings. The molecule has 0 radical (unpaired) electrons. The second-order valence-corrected chi connectivity index (χ2v) is 5.49. The van der Waals surface area contributed by atoms with Gasteiger partial charge in [-0.2, -0.15) is 4.37 Å². The number of benzene rings is 1. The fraction of sp³-hybridized carbons (Fsp3) is 0.231. The highest BCUT2D eigenvalue weighted by Gasteiger charge is 2.04. The second-order valence-electron chi connectivity index (χ2n) is 3.51. The molecule has 0 amide bonds. The summed E-state index contributed by atoms with van der Waals surface area (Å²) in [5.41, 5.74) is 2.11. The molecular formula is C13H12N2OS2. The van der Waals surface area contributed by atoms with Crippen molar-refractivity contribution in [2.24, 2.45) is 0 Å². The van der Waals surface area contributed by atoms with Crippen molar-refractivity contribution < 1.29 is 5.11 Å². The molecule has 1 aromatic heterocycles. The summed E-state index contributed by atoms with van der Waals surface area (Å²) in [6.45, 7) is 1.78. The zero-order chi connectivity index (χ0) is 12.8. The van der Waals surface area contributed by atoms with Crippen molar-refractivity contribution >= 4 is 23.3 Å². The maximum atomic E-state index is 8.73. The molecule has 2 rings (SSSR count). The van der Waals surface area contributed by atoms with Gasteiger partial charge in [0, 0.05) is 11.3 Å². The quantitative estimate of drug-likeness (QED) is 0.691. The fourth-order valence-electron chi connectivity index (χ4n) is 1.38. The van der Waals surface area contributed by atoms with E-state index in [2.05, 4.69) is 21.2 Å². The van der Waals surface area contributed by atoms with Crippen LogP contribution in [0.25, 0.3) is 0 Å². The smallest absolute Gasteiger partial charge is 0.170 e. The lowest BCUT2D eigenvalue weighted by molar-refractivity contribution is 0.350. The molecule has 0 saturated heterocycles. The Kier molecular flexibility index (Phi) is 4.76. The first-order valence-electron chi connectivity index (χ1n) is 5.40. The second kappa shape index (κ2) is 6.55. The molecule has 3 nitrogen and oxygen atoms in total. The van der Waals surface area contributed by atoms with Crippen LogP contribution in [0.4, 0.5) is 0 Å². The lowest BCUT2D eigenvalue weighted by atomic mass is 10.1. The molecule has 1 N–H and O–H groups in total. The van der Waals surface area contributed by atoms with Gasteiger partial charge in [-0.25, -0.2) is 4.98 Å². The Morgan fingerprint density at radius 1 is 1.39 bits per heavy atom. The average molecular weight is 276 g/mol. The minimum Gasteiger partial charge on any atom is -0.384 e. The topological polar surface area (TPSA) is 46.0 Å². The summed E-state index contributed by atoms with van der Waals surface area (Å²) < 4.78 is 5.12. The van der Waals surface area contributed by atoms with Gasteiger partial charge in [0.2, 0.25) is 0 Å². The molecule has 0 spiro atoms. The number of aryl methyl sites for hydroxylation is 1. The molecule has 1 aromatic carbocycles. The Morgan fingerprint density at radius 2 is 2.22 bits per heavy atom. The van der Waals surface area contributed by atoms with Gasteiger partial charge in [0.15, 0.2) is 4.34 Å². The van der Waals surface area contributed by atoms with Crippen molar-refractivity contribution in [3.8, 4) is 11.8 Å². The summed E-state index contributed by atoms with van der Waals surface area (Å²) in [5.74, 6) is 7.26. The molecule has 1 heterocycles. The first kappa shape index (κ1) is 13.1. The number of aromatic nitrogens is 2. The van der Waals surface area contributed by atoms with E-state index in [0.717, 1.165) is 27.0 Å². The molecule has 0 fully saturated rings. The van der Waals surface area contributed by atoms with Crippen LogP contribution in [0, 0.1) is 18.8 Å². The Balaban J connectivity index is 2.09. The minimum atomic E-state index is -0.114. The monoisotopic (exact) mass is 276 g/mol. The molecule has 0 bridgehead atoms. The summed E-state index contributed by atoms with van der Waals surface area (Å²) in [7, 11) is 0. The molecule has 92 valence electrons. The van der Waals surface area contributed by atoms with Crippen LogP contribution in [0.2, 0.25) is 0 Å². The number of nitrogens with zero attached hydrogens (tertiary/aromatic N) is 2. The van der Waals surface area contributed by atoms with E-state index in [-0.39, 0.29) is 6.61 Å². The maximum absolute atomic E-state index is 8.73. The molecule has 0 unspecified atom stereocenters. The first-order valence-corrected chi connectivity index (χ1v) is 7.16. The largest absolute Gasteiger partial charge is 0.384 e. The Bertz CT molecular complexity index is 584. The van der Waals surface area contributed by atoms with Crippen LogP contribution < -0.4 is 0 Å². The summed E-state index contributed by atoms with van der Waals surface area (Å²) in [6, 6.07) is 7.95. The molecule has 0 saturated carbocycles. The van der Waals surface area contributed by atoms with Gasteiger partial charge in [0.25, 0.3) is 0 Å². The number of hydrogen-bond acceptors (Lipinski definition) is 5. The van der Waals surface area contributed by atoms with Gasteiger partial charge >= 0.3 is 0 Å². The molecule has 0 atom stereocenters. The highest BCUT2D eigenvalue weighted by molar-refractivity contribution is 8.00. The van der Waals surface area contributed by atoms with Gasteiger partial charge in [-0.3, -0.25) is 0 Å². The van der Waals surface area contributed by atoms with Crippen LogP contribution in [0.15, 0.2) is 28.6 Å². The predicted octanol–water partition coefficient (Wildman–Crippen LogP) is 2.48. The first-order chi connectivity index (χ1) is 8.79. The lowest BCUT2D eigenvalue weighted by Gasteiger charge is -2.02.